The molecule has 0 atom stereocenters. The van der Waals surface area contributed by atoms with Crippen LogP contribution in [0.5, 0.6) is 0 Å². The number of amides is 4. The molecule has 76 heavy (non-hydrogen) atoms. The lowest BCUT2D eigenvalue weighted by Crippen LogP contribution is -2.47. The molecule has 10 heteroatoms. The average molecular weight is 1010 g/mol. The monoisotopic (exact) mass is 1010 g/mol. The number of rotatable bonds is 14. The Labute approximate surface area is 446 Å². The van der Waals surface area contributed by atoms with Crippen molar-refractivity contribution in [2.75, 3.05) is 76.0 Å². The standard InChI is InChI=1S/C66H66N6O4/c1-13-41(14-2)71-63(73)57-47(37-17-25-43(26-18-37)67(5)6)33-51-53-35-49(39-21-29-45(30-22-39)69(9)10)59-62-56(53)54(52-34-48(58(64(71)74)61(57)55(51)52)38-19-27-44(28-20-38)68(7)8)36-50(40-23-31-46(32-24-40)70(11)12)60(62)66(76)72(65(59)75)42(15-3)16-4/h17-36,41-42H,13-16H2,1-12H3. The van der Waals surface area contributed by atoms with E-state index < -0.39 is 0 Å². The molecule has 9 aromatic carbocycles. The Morgan fingerprint density at radius 3 is 0.684 bits per heavy atom. The van der Waals surface area contributed by atoms with E-state index in [0.29, 0.717) is 81.0 Å². The fourth-order valence-electron chi connectivity index (χ4n) is 12.3. The number of hydrogen-bond acceptors (Lipinski definition) is 8. The molecule has 0 bridgehead atoms. The Hall–Kier alpha value is -8.24. The number of benzene rings is 9. The van der Waals surface area contributed by atoms with Crippen LogP contribution in [0.3, 0.4) is 0 Å². The van der Waals surface area contributed by atoms with Crippen molar-refractivity contribution < 1.29 is 19.2 Å². The summed E-state index contributed by atoms with van der Waals surface area (Å²) in [5, 5.41) is 6.13. The number of imide groups is 2. The van der Waals surface area contributed by atoms with E-state index in [4.69, 9.17) is 0 Å². The first-order valence-corrected chi connectivity index (χ1v) is 26.8. The SMILES string of the molecule is CCC(CC)N1C(=O)c2c(-c3ccc(N(C)C)cc3)cc3c4cc(-c5ccc(N(C)C)cc5)c5c6c(c(-c7ccc(N(C)C)cc7)cc(c7cc(-c8ccc(N(C)C)cc8)c(c2c37)C1=O)c64)C(=O)N(C(CC)CC)C5=O. The van der Waals surface area contributed by atoms with E-state index in [1.165, 1.54) is 9.80 Å². The van der Waals surface area contributed by atoms with E-state index in [1.807, 2.05) is 84.1 Å². The number of fused-ring (bicyclic) bond motifs is 2. The minimum atomic E-state index is -0.335. The molecule has 0 radical (unpaired) electrons. The third kappa shape index (κ3) is 7.50. The molecule has 0 unspecified atom stereocenters. The topological polar surface area (TPSA) is 87.7 Å². The molecule has 0 saturated heterocycles. The molecule has 384 valence electrons. The lowest BCUT2D eigenvalue weighted by atomic mass is 9.75. The Kier molecular flexibility index (Phi) is 12.4. The lowest BCUT2D eigenvalue weighted by molar-refractivity contribution is 0.0515. The maximum atomic E-state index is 15.9. The number of nitrogens with zero attached hydrogens (tertiary/aromatic N) is 6. The predicted octanol–water partition coefficient (Wildman–Crippen LogP) is 14.2. The molecule has 2 aliphatic rings. The minimum absolute atomic E-state index is 0.312. The van der Waals surface area contributed by atoms with Crippen molar-refractivity contribution in [3.63, 3.8) is 0 Å². The van der Waals surface area contributed by atoms with Crippen LogP contribution in [-0.4, -0.2) is 102 Å². The molecule has 2 aliphatic heterocycles. The number of carbonyl (C=O) groups is 4. The summed E-state index contributed by atoms with van der Waals surface area (Å²) in [6.07, 6.45) is 2.41. The fourth-order valence-corrected chi connectivity index (χ4v) is 12.3. The minimum Gasteiger partial charge on any atom is -0.378 e. The van der Waals surface area contributed by atoms with Gasteiger partial charge in [-0.2, -0.15) is 0 Å². The molecular weight excluding hydrogens is 941 g/mol. The Bertz CT molecular complexity index is 3350. The van der Waals surface area contributed by atoms with Crippen molar-refractivity contribution >= 4 is 89.5 Å². The molecule has 9 aromatic rings. The molecule has 0 spiro atoms. The van der Waals surface area contributed by atoms with Gasteiger partial charge >= 0.3 is 0 Å². The second-order valence-corrected chi connectivity index (χ2v) is 21.6. The lowest BCUT2D eigenvalue weighted by Gasteiger charge is -2.37. The van der Waals surface area contributed by atoms with Gasteiger partial charge in [-0.15, -0.1) is 0 Å². The molecule has 4 amide bonds. The number of hydrogen-bond donors (Lipinski definition) is 0. The van der Waals surface area contributed by atoms with E-state index in [9.17, 15) is 0 Å². The van der Waals surface area contributed by atoms with Gasteiger partial charge in [0.25, 0.3) is 23.6 Å². The van der Waals surface area contributed by atoms with Crippen molar-refractivity contribution in [1.82, 2.24) is 9.80 Å². The molecule has 0 saturated carbocycles. The van der Waals surface area contributed by atoms with Crippen LogP contribution >= 0.6 is 0 Å². The van der Waals surface area contributed by atoms with Crippen LogP contribution in [0.2, 0.25) is 0 Å². The van der Waals surface area contributed by atoms with E-state index in [2.05, 4.69) is 141 Å². The quantitative estimate of drug-likeness (QED) is 0.0605. The maximum Gasteiger partial charge on any atom is 0.262 e. The Morgan fingerprint density at radius 2 is 0.513 bits per heavy atom. The zero-order chi connectivity index (χ0) is 53.8. The van der Waals surface area contributed by atoms with Gasteiger partial charge in [-0.3, -0.25) is 29.0 Å². The van der Waals surface area contributed by atoms with Gasteiger partial charge in [0.05, 0.1) is 22.3 Å². The summed E-state index contributed by atoms with van der Waals surface area (Å²) >= 11 is 0. The van der Waals surface area contributed by atoms with Gasteiger partial charge in [0, 0.05) is 102 Å². The highest BCUT2D eigenvalue weighted by atomic mass is 16.2. The molecular formula is C66H66N6O4. The van der Waals surface area contributed by atoms with Crippen LogP contribution in [0, 0.1) is 0 Å². The van der Waals surface area contributed by atoms with E-state index in [1.54, 1.807) is 0 Å². The van der Waals surface area contributed by atoms with Crippen LogP contribution in [-0.2, 0) is 0 Å². The van der Waals surface area contributed by atoms with Gasteiger partial charge in [0.15, 0.2) is 0 Å². The van der Waals surface area contributed by atoms with Crippen molar-refractivity contribution in [1.29, 1.82) is 0 Å². The summed E-state index contributed by atoms with van der Waals surface area (Å²) in [4.78, 5) is 74.7. The van der Waals surface area contributed by atoms with Crippen molar-refractivity contribution in [2.45, 2.75) is 65.5 Å². The van der Waals surface area contributed by atoms with E-state index >= 15 is 19.2 Å². The first-order valence-electron chi connectivity index (χ1n) is 26.8. The maximum absolute atomic E-state index is 15.9. The third-order valence-corrected chi connectivity index (χ3v) is 16.5. The molecule has 2 heterocycles. The summed E-state index contributed by atoms with van der Waals surface area (Å²) < 4.78 is 0. The normalized spacial score (nSPS) is 13.5. The predicted molar refractivity (Wildman–Crippen MR) is 316 cm³/mol. The highest BCUT2D eigenvalue weighted by Gasteiger charge is 2.44. The van der Waals surface area contributed by atoms with Crippen LogP contribution in [0.15, 0.2) is 121 Å². The van der Waals surface area contributed by atoms with Gasteiger partial charge in [-0.25, -0.2) is 0 Å². The van der Waals surface area contributed by atoms with Crippen LogP contribution in [0.1, 0.15) is 94.8 Å². The second-order valence-electron chi connectivity index (χ2n) is 21.6. The highest BCUT2D eigenvalue weighted by Crippen LogP contribution is 2.54. The van der Waals surface area contributed by atoms with Crippen LogP contribution < -0.4 is 19.6 Å². The Morgan fingerprint density at radius 1 is 0.316 bits per heavy atom. The van der Waals surface area contributed by atoms with Gasteiger partial charge in [0.2, 0.25) is 0 Å². The van der Waals surface area contributed by atoms with E-state index in [0.717, 1.165) is 77.3 Å². The third-order valence-electron chi connectivity index (χ3n) is 16.5. The number of anilines is 4. The smallest absolute Gasteiger partial charge is 0.262 e. The first kappa shape index (κ1) is 49.9. The summed E-state index contributed by atoms with van der Waals surface area (Å²) in [7, 11) is 16.1. The fraction of sp³-hybridized carbons (Fsp3) is 0.273. The van der Waals surface area contributed by atoms with Gasteiger partial charge < -0.3 is 19.6 Å². The number of carbonyl (C=O) groups excluding carboxylic acids is 4. The highest BCUT2D eigenvalue weighted by molar-refractivity contribution is 6.45. The van der Waals surface area contributed by atoms with Crippen LogP contribution in [0.4, 0.5) is 22.7 Å². The van der Waals surface area contributed by atoms with Gasteiger partial charge in [-0.05, 0) is 175 Å². The van der Waals surface area contributed by atoms with Gasteiger partial charge in [0.1, 0.15) is 0 Å². The molecule has 10 nitrogen and oxygen atoms in total. The largest absolute Gasteiger partial charge is 0.378 e. The van der Waals surface area contributed by atoms with Crippen molar-refractivity contribution in [3.8, 4) is 44.5 Å². The molecule has 0 aliphatic carbocycles. The van der Waals surface area contributed by atoms with Crippen molar-refractivity contribution in [2.24, 2.45) is 0 Å². The van der Waals surface area contributed by atoms with Crippen molar-refractivity contribution in [3.05, 3.63) is 144 Å². The van der Waals surface area contributed by atoms with Gasteiger partial charge in [-0.1, -0.05) is 76.2 Å². The average Bonchev–Trinajstić information content (AvgIpc) is 3.52. The first-order chi connectivity index (χ1) is 36.5. The zero-order valence-electron chi connectivity index (χ0n) is 45.8. The van der Waals surface area contributed by atoms with Crippen LogP contribution in [0.25, 0.3) is 87.6 Å². The molecule has 11 rings (SSSR count). The molecule has 0 N–H and O–H groups in total. The second kappa shape index (κ2) is 18.8. The zero-order valence-corrected chi connectivity index (χ0v) is 45.8. The molecule has 0 fully saturated rings. The summed E-state index contributed by atoms with van der Waals surface area (Å²) in [6, 6.07) is 41.0. The summed E-state index contributed by atoms with van der Waals surface area (Å²) in [5.41, 5.74) is 12.2. The molecule has 0 aromatic heterocycles. The summed E-state index contributed by atoms with van der Waals surface area (Å²) in [6.45, 7) is 8.16. The van der Waals surface area contributed by atoms with E-state index in [-0.39, 0.29) is 35.7 Å². The summed E-state index contributed by atoms with van der Waals surface area (Å²) in [5.74, 6) is -1.25. The Balaban J connectivity index is 1.41.